The van der Waals surface area contributed by atoms with Gasteiger partial charge >= 0.3 is 0 Å². The van der Waals surface area contributed by atoms with Crippen LogP contribution in [0.3, 0.4) is 0 Å². The van der Waals surface area contributed by atoms with Crippen LogP contribution >= 0.6 is 0 Å². The molecule has 0 bridgehead atoms. The Labute approximate surface area is 99.2 Å². The summed E-state index contributed by atoms with van der Waals surface area (Å²) in [5, 5.41) is 2.63. The predicted molar refractivity (Wildman–Crippen MR) is 60.6 cm³/mol. The van der Waals surface area contributed by atoms with Gasteiger partial charge in [0.15, 0.2) is 5.82 Å². The Balaban J connectivity index is 2.67. The van der Waals surface area contributed by atoms with Gasteiger partial charge in [-0.2, -0.15) is 4.39 Å². The molecule has 0 aromatic carbocycles. The first-order valence-electron chi connectivity index (χ1n) is 5.67. The lowest BCUT2D eigenvalue weighted by atomic mass is 10.1. The third-order valence-electron chi connectivity index (χ3n) is 2.46. The van der Waals surface area contributed by atoms with Gasteiger partial charge in [0.25, 0.3) is 5.91 Å². The molecule has 3 nitrogen and oxygen atoms in total. The molecule has 1 rings (SSSR count). The van der Waals surface area contributed by atoms with E-state index in [1.165, 1.54) is 6.07 Å². The Morgan fingerprint density at radius 2 is 2.24 bits per heavy atom. The van der Waals surface area contributed by atoms with Crippen LogP contribution in [0.1, 0.15) is 43.5 Å². The minimum absolute atomic E-state index is 0.0573. The van der Waals surface area contributed by atoms with Crippen molar-refractivity contribution in [2.45, 2.75) is 39.2 Å². The fraction of sp³-hybridized carbons (Fsp3) is 0.500. The number of hydrogen-bond acceptors (Lipinski definition) is 2. The molecule has 0 spiro atoms. The topological polar surface area (TPSA) is 42.0 Å². The van der Waals surface area contributed by atoms with E-state index >= 15 is 0 Å². The van der Waals surface area contributed by atoms with Crippen LogP contribution in [0.2, 0.25) is 0 Å². The lowest BCUT2D eigenvalue weighted by molar-refractivity contribution is 0.0932. The Hall–Kier alpha value is -1.52. The molecule has 1 heterocycles. The molecule has 1 atom stereocenters. The van der Waals surface area contributed by atoms with E-state index in [9.17, 15) is 13.6 Å². The van der Waals surface area contributed by atoms with E-state index in [4.69, 9.17) is 0 Å². The number of hydrogen-bond donors (Lipinski definition) is 1. The smallest absolute Gasteiger partial charge is 0.254 e. The van der Waals surface area contributed by atoms with Crippen molar-refractivity contribution in [2.75, 3.05) is 0 Å². The molecular formula is C12H16F2N2O. The zero-order valence-corrected chi connectivity index (χ0v) is 9.96. The number of amides is 1. The van der Waals surface area contributed by atoms with Crippen LogP contribution in [0.4, 0.5) is 8.78 Å². The standard InChI is InChI=1S/C12H16F2N2O/c1-3-4-5-8(2)16-12(17)9-6-7-15-11(14)10(9)13/h6-8H,3-5H2,1-2H3,(H,16,17). The van der Waals surface area contributed by atoms with Crippen molar-refractivity contribution in [3.05, 3.63) is 29.6 Å². The van der Waals surface area contributed by atoms with Crippen molar-refractivity contribution in [1.82, 2.24) is 10.3 Å². The van der Waals surface area contributed by atoms with Gasteiger partial charge < -0.3 is 5.32 Å². The molecule has 0 fully saturated rings. The number of unbranched alkanes of at least 4 members (excludes halogenated alkanes) is 1. The number of carbonyl (C=O) groups is 1. The molecule has 0 aliphatic heterocycles. The zero-order valence-electron chi connectivity index (χ0n) is 9.96. The van der Waals surface area contributed by atoms with Gasteiger partial charge in [0.05, 0.1) is 5.56 Å². The highest BCUT2D eigenvalue weighted by Crippen LogP contribution is 2.09. The van der Waals surface area contributed by atoms with Gasteiger partial charge in [-0.05, 0) is 19.4 Å². The van der Waals surface area contributed by atoms with Crippen LogP contribution in [0.25, 0.3) is 0 Å². The van der Waals surface area contributed by atoms with Gasteiger partial charge in [0, 0.05) is 12.2 Å². The number of nitrogens with zero attached hydrogens (tertiary/aromatic N) is 1. The summed E-state index contributed by atoms with van der Waals surface area (Å²) in [6.45, 7) is 3.88. The molecule has 5 heteroatoms. The van der Waals surface area contributed by atoms with E-state index in [-0.39, 0.29) is 11.6 Å². The third-order valence-corrected chi connectivity index (χ3v) is 2.46. The molecule has 1 aromatic heterocycles. The Morgan fingerprint density at radius 3 is 2.88 bits per heavy atom. The third kappa shape index (κ3) is 3.76. The van der Waals surface area contributed by atoms with Crippen molar-refractivity contribution in [1.29, 1.82) is 0 Å². The fourth-order valence-electron chi connectivity index (χ4n) is 1.48. The minimum Gasteiger partial charge on any atom is -0.349 e. The molecule has 1 unspecified atom stereocenters. The quantitative estimate of drug-likeness (QED) is 0.806. The highest BCUT2D eigenvalue weighted by molar-refractivity contribution is 5.94. The molecule has 17 heavy (non-hydrogen) atoms. The van der Waals surface area contributed by atoms with E-state index in [2.05, 4.69) is 10.3 Å². The van der Waals surface area contributed by atoms with E-state index in [1.807, 2.05) is 13.8 Å². The highest BCUT2D eigenvalue weighted by Gasteiger charge is 2.17. The summed E-state index contributed by atoms with van der Waals surface area (Å²) in [6.07, 6.45) is 3.90. The molecule has 1 amide bonds. The fourth-order valence-corrected chi connectivity index (χ4v) is 1.48. The normalized spacial score (nSPS) is 12.2. The van der Waals surface area contributed by atoms with Gasteiger partial charge in [-0.1, -0.05) is 19.8 Å². The van der Waals surface area contributed by atoms with E-state index < -0.39 is 17.7 Å². The van der Waals surface area contributed by atoms with Crippen molar-refractivity contribution < 1.29 is 13.6 Å². The molecular weight excluding hydrogens is 226 g/mol. The van der Waals surface area contributed by atoms with Gasteiger partial charge in [-0.3, -0.25) is 4.79 Å². The van der Waals surface area contributed by atoms with Crippen LogP contribution in [0.5, 0.6) is 0 Å². The SMILES string of the molecule is CCCCC(C)NC(=O)c1ccnc(F)c1F. The summed E-state index contributed by atoms with van der Waals surface area (Å²) >= 11 is 0. The molecule has 0 saturated heterocycles. The second kappa shape index (κ2) is 6.27. The monoisotopic (exact) mass is 242 g/mol. The first-order chi connectivity index (χ1) is 8.06. The van der Waals surface area contributed by atoms with Crippen molar-refractivity contribution in [2.24, 2.45) is 0 Å². The molecule has 0 saturated carbocycles. The van der Waals surface area contributed by atoms with Crippen LogP contribution in [-0.4, -0.2) is 16.9 Å². The summed E-state index contributed by atoms with van der Waals surface area (Å²) in [6, 6.07) is 1.11. The van der Waals surface area contributed by atoms with Gasteiger partial charge in [0.1, 0.15) is 0 Å². The van der Waals surface area contributed by atoms with Crippen molar-refractivity contribution in [3.8, 4) is 0 Å². The summed E-state index contributed by atoms with van der Waals surface area (Å²) in [4.78, 5) is 14.8. The Bertz CT molecular complexity index is 396. The lowest BCUT2D eigenvalue weighted by Crippen LogP contribution is -2.33. The van der Waals surface area contributed by atoms with Crippen LogP contribution in [0.15, 0.2) is 12.3 Å². The molecule has 0 aliphatic rings. The van der Waals surface area contributed by atoms with E-state index in [1.54, 1.807) is 0 Å². The number of aromatic nitrogens is 1. The van der Waals surface area contributed by atoms with Crippen LogP contribution in [-0.2, 0) is 0 Å². The molecule has 94 valence electrons. The number of rotatable bonds is 5. The second-order valence-corrected chi connectivity index (χ2v) is 3.98. The summed E-state index contributed by atoms with van der Waals surface area (Å²) in [5.41, 5.74) is -0.305. The van der Waals surface area contributed by atoms with Gasteiger partial charge in [-0.25, -0.2) is 9.37 Å². The minimum atomic E-state index is -1.25. The van der Waals surface area contributed by atoms with Crippen molar-refractivity contribution in [3.63, 3.8) is 0 Å². The molecule has 1 aromatic rings. The maximum atomic E-state index is 13.3. The van der Waals surface area contributed by atoms with Gasteiger partial charge in [0.2, 0.25) is 5.95 Å². The first kappa shape index (κ1) is 13.5. The summed E-state index contributed by atoms with van der Waals surface area (Å²) in [7, 11) is 0. The maximum Gasteiger partial charge on any atom is 0.254 e. The van der Waals surface area contributed by atoms with Gasteiger partial charge in [-0.15, -0.1) is 0 Å². The Morgan fingerprint density at radius 1 is 1.53 bits per heavy atom. The average molecular weight is 242 g/mol. The number of carbonyl (C=O) groups excluding carboxylic acids is 1. The molecule has 0 radical (unpaired) electrons. The maximum absolute atomic E-state index is 13.3. The summed E-state index contributed by atoms with van der Waals surface area (Å²) < 4.78 is 26.1. The van der Waals surface area contributed by atoms with Crippen LogP contribution < -0.4 is 5.32 Å². The van der Waals surface area contributed by atoms with E-state index in [0.29, 0.717) is 0 Å². The molecule has 1 N–H and O–H groups in total. The zero-order chi connectivity index (χ0) is 12.8. The van der Waals surface area contributed by atoms with Crippen LogP contribution in [0, 0.1) is 11.8 Å². The largest absolute Gasteiger partial charge is 0.349 e. The number of halogens is 2. The Kier molecular flexibility index (Phi) is 5.00. The average Bonchev–Trinajstić information content (AvgIpc) is 2.29. The highest BCUT2D eigenvalue weighted by atomic mass is 19.2. The second-order valence-electron chi connectivity index (χ2n) is 3.98. The lowest BCUT2D eigenvalue weighted by Gasteiger charge is -2.13. The number of nitrogens with one attached hydrogen (secondary N) is 1. The first-order valence-corrected chi connectivity index (χ1v) is 5.67. The van der Waals surface area contributed by atoms with E-state index in [0.717, 1.165) is 25.5 Å². The van der Waals surface area contributed by atoms with Crippen molar-refractivity contribution >= 4 is 5.91 Å². The molecule has 0 aliphatic carbocycles. The predicted octanol–water partition coefficient (Wildman–Crippen LogP) is 2.67. The number of pyridine rings is 1. The summed E-state index contributed by atoms with van der Waals surface area (Å²) in [5.74, 6) is -3.06.